The molecule has 1 saturated heterocycles. The molecule has 2 heterocycles. The van der Waals surface area contributed by atoms with E-state index >= 15 is 0 Å². The van der Waals surface area contributed by atoms with Crippen molar-refractivity contribution >= 4 is 28.8 Å². The van der Waals surface area contributed by atoms with Crippen LogP contribution in [0.1, 0.15) is 16.9 Å². The molecule has 0 spiro atoms. The van der Waals surface area contributed by atoms with Gasteiger partial charge in [-0.05, 0) is 36.9 Å². The number of nitrogens with one attached hydrogen (secondary N) is 1. The van der Waals surface area contributed by atoms with Crippen LogP contribution < -0.4 is 10.2 Å². The van der Waals surface area contributed by atoms with Crippen LogP contribution in [0.15, 0.2) is 41.8 Å². The number of anilines is 1. The summed E-state index contributed by atoms with van der Waals surface area (Å²) < 4.78 is 0. The molecule has 2 amide bonds. The third kappa shape index (κ3) is 3.20. The van der Waals surface area contributed by atoms with E-state index < -0.39 is 6.04 Å². The first-order chi connectivity index (χ1) is 10.6. The van der Waals surface area contributed by atoms with Gasteiger partial charge in [0.2, 0.25) is 11.8 Å². The minimum Gasteiger partial charge on any atom is -0.344 e. The third-order valence-electron chi connectivity index (χ3n) is 3.80. The summed E-state index contributed by atoms with van der Waals surface area (Å²) in [7, 11) is 0. The van der Waals surface area contributed by atoms with Crippen molar-refractivity contribution in [3.05, 3.63) is 52.2 Å². The van der Waals surface area contributed by atoms with E-state index in [0.29, 0.717) is 19.4 Å². The Labute approximate surface area is 133 Å². The molecular weight excluding hydrogens is 296 g/mol. The van der Waals surface area contributed by atoms with E-state index in [2.05, 4.69) is 5.32 Å². The van der Waals surface area contributed by atoms with Gasteiger partial charge in [0.15, 0.2) is 0 Å². The SMILES string of the molecule is Cc1ccc(N2CC[C@@H](NC(=O)Cc3cccs3)C2=O)cc1. The molecule has 22 heavy (non-hydrogen) atoms. The number of rotatable bonds is 4. The van der Waals surface area contributed by atoms with Crippen molar-refractivity contribution in [3.8, 4) is 0 Å². The molecule has 1 aliphatic heterocycles. The van der Waals surface area contributed by atoms with E-state index in [1.807, 2.05) is 48.7 Å². The van der Waals surface area contributed by atoms with Crippen LogP contribution in [0, 0.1) is 6.92 Å². The highest BCUT2D eigenvalue weighted by atomic mass is 32.1. The van der Waals surface area contributed by atoms with E-state index in [4.69, 9.17) is 0 Å². The second-order valence-corrected chi connectivity index (χ2v) is 6.52. The van der Waals surface area contributed by atoms with Crippen LogP contribution >= 0.6 is 11.3 Å². The van der Waals surface area contributed by atoms with Crippen molar-refractivity contribution in [3.63, 3.8) is 0 Å². The van der Waals surface area contributed by atoms with Crippen LogP contribution in [0.4, 0.5) is 5.69 Å². The van der Waals surface area contributed by atoms with E-state index in [0.717, 1.165) is 16.1 Å². The Morgan fingerprint density at radius 3 is 2.77 bits per heavy atom. The van der Waals surface area contributed by atoms with Gasteiger partial charge in [-0.15, -0.1) is 11.3 Å². The van der Waals surface area contributed by atoms with E-state index in [9.17, 15) is 9.59 Å². The number of carbonyl (C=O) groups excluding carboxylic acids is 2. The Kier molecular flexibility index (Phi) is 4.24. The summed E-state index contributed by atoms with van der Waals surface area (Å²) in [5.41, 5.74) is 2.06. The smallest absolute Gasteiger partial charge is 0.249 e. The Morgan fingerprint density at radius 2 is 2.09 bits per heavy atom. The molecule has 1 aromatic heterocycles. The highest BCUT2D eigenvalue weighted by molar-refractivity contribution is 7.10. The average Bonchev–Trinajstić information content (AvgIpc) is 3.11. The van der Waals surface area contributed by atoms with Crippen LogP contribution in [-0.2, 0) is 16.0 Å². The quantitative estimate of drug-likeness (QED) is 0.943. The van der Waals surface area contributed by atoms with Crippen LogP contribution in [-0.4, -0.2) is 24.4 Å². The molecule has 114 valence electrons. The molecule has 0 saturated carbocycles. The fraction of sp³-hybridized carbons (Fsp3) is 0.294. The van der Waals surface area contributed by atoms with Crippen LogP contribution in [0.5, 0.6) is 0 Å². The Balaban J connectivity index is 1.61. The highest BCUT2D eigenvalue weighted by Crippen LogP contribution is 2.22. The molecule has 1 fully saturated rings. The zero-order valence-electron chi connectivity index (χ0n) is 12.4. The van der Waals surface area contributed by atoms with Crippen LogP contribution in [0.3, 0.4) is 0 Å². The van der Waals surface area contributed by atoms with Gasteiger partial charge in [0.05, 0.1) is 6.42 Å². The molecule has 0 bridgehead atoms. The second kappa shape index (κ2) is 6.32. The van der Waals surface area contributed by atoms with Gasteiger partial charge in [-0.1, -0.05) is 23.8 Å². The maximum Gasteiger partial charge on any atom is 0.249 e. The predicted octanol–water partition coefficient (Wildman–Crippen LogP) is 2.52. The first-order valence-electron chi connectivity index (χ1n) is 7.33. The summed E-state index contributed by atoms with van der Waals surface area (Å²) in [6.07, 6.45) is 0.995. The molecule has 0 unspecified atom stereocenters. The summed E-state index contributed by atoms with van der Waals surface area (Å²) in [5, 5.41) is 4.80. The zero-order valence-corrected chi connectivity index (χ0v) is 13.2. The number of nitrogens with zero attached hydrogens (tertiary/aromatic N) is 1. The van der Waals surface area contributed by atoms with Gasteiger partial charge in [0, 0.05) is 17.1 Å². The predicted molar refractivity (Wildman–Crippen MR) is 88.1 cm³/mol. The van der Waals surface area contributed by atoms with Gasteiger partial charge >= 0.3 is 0 Å². The lowest BCUT2D eigenvalue weighted by molar-refractivity contribution is -0.126. The van der Waals surface area contributed by atoms with Gasteiger partial charge < -0.3 is 10.2 Å². The van der Waals surface area contributed by atoms with Gasteiger partial charge in [-0.3, -0.25) is 9.59 Å². The number of amides is 2. The van der Waals surface area contributed by atoms with Gasteiger partial charge in [-0.25, -0.2) is 0 Å². The van der Waals surface area contributed by atoms with Crippen molar-refractivity contribution in [2.45, 2.75) is 25.8 Å². The summed E-state index contributed by atoms with van der Waals surface area (Å²) >= 11 is 1.55. The van der Waals surface area contributed by atoms with E-state index in [1.54, 1.807) is 16.2 Å². The Morgan fingerprint density at radius 1 is 1.32 bits per heavy atom. The molecule has 3 rings (SSSR count). The molecule has 1 N–H and O–H groups in total. The first kappa shape index (κ1) is 14.8. The maximum atomic E-state index is 12.4. The number of hydrogen-bond acceptors (Lipinski definition) is 3. The zero-order chi connectivity index (χ0) is 15.5. The fourth-order valence-electron chi connectivity index (χ4n) is 2.61. The molecule has 5 heteroatoms. The summed E-state index contributed by atoms with van der Waals surface area (Å²) in [4.78, 5) is 27.2. The summed E-state index contributed by atoms with van der Waals surface area (Å²) in [5.74, 6) is -0.116. The number of benzene rings is 1. The number of aryl methyl sites for hydroxylation is 1. The Bertz CT molecular complexity index is 664. The number of hydrogen-bond donors (Lipinski definition) is 1. The lowest BCUT2D eigenvalue weighted by Crippen LogP contribution is -2.42. The highest BCUT2D eigenvalue weighted by Gasteiger charge is 2.33. The van der Waals surface area contributed by atoms with Gasteiger partial charge in [0.1, 0.15) is 6.04 Å². The largest absolute Gasteiger partial charge is 0.344 e. The van der Waals surface area contributed by atoms with Crippen LogP contribution in [0.2, 0.25) is 0 Å². The number of thiophene rings is 1. The maximum absolute atomic E-state index is 12.4. The van der Waals surface area contributed by atoms with Gasteiger partial charge in [0.25, 0.3) is 0 Å². The van der Waals surface area contributed by atoms with Crippen molar-refractivity contribution in [1.29, 1.82) is 0 Å². The number of carbonyl (C=O) groups is 2. The minimum absolute atomic E-state index is 0.0246. The van der Waals surface area contributed by atoms with Crippen molar-refractivity contribution in [2.75, 3.05) is 11.4 Å². The van der Waals surface area contributed by atoms with Crippen molar-refractivity contribution < 1.29 is 9.59 Å². The normalized spacial score (nSPS) is 17.8. The molecule has 2 aromatic rings. The third-order valence-corrected chi connectivity index (χ3v) is 4.68. The second-order valence-electron chi connectivity index (χ2n) is 5.49. The topological polar surface area (TPSA) is 49.4 Å². The molecular formula is C17H18N2O2S. The molecule has 0 radical (unpaired) electrons. The van der Waals surface area contributed by atoms with Gasteiger partial charge in [-0.2, -0.15) is 0 Å². The summed E-state index contributed by atoms with van der Waals surface area (Å²) in [6, 6.07) is 11.3. The Hall–Kier alpha value is -2.14. The van der Waals surface area contributed by atoms with Crippen LogP contribution in [0.25, 0.3) is 0 Å². The van der Waals surface area contributed by atoms with Crippen molar-refractivity contribution in [2.24, 2.45) is 0 Å². The summed E-state index contributed by atoms with van der Waals surface area (Å²) in [6.45, 7) is 2.66. The molecule has 1 aliphatic rings. The minimum atomic E-state index is -0.409. The van der Waals surface area contributed by atoms with Crippen molar-refractivity contribution in [1.82, 2.24) is 5.32 Å². The fourth-order valence-corrected chi connectivity index (χ4v) is 3.32. The lowest BCUT2D eigenvalue weighted by Gasteiger charge is -2.17. The molecule has 4 nitrogen and oxygen atoms in total. The van der Waals surface area contributed by atoms with E-state index in [1.165, 1.54) is 0 Å². The molecule has 1 atom stereocenters. The lowest BCUT2D eigenvalue weighted by atomic mass is 10.2. The first-order valence-corrected chi connectivity index (χ1v) is 8.21. The molecule has 1 aromatic carbocycles. The average molecular weight is 314 g/mol. The molecule has 0 aliphatic carbocycles. The monoisotopic (exact) mass is 314 g/mol. The van der Waals surface area contributed by atoms with E-state index in [-0.39, 0.29) is 11.8 Å². The standard InChI is InChI=1S/C17H18N2O2S/c1-12-4-6-13(7-5-12)19-9-8-15(17(19)21)18-16(20)11-14-3-2-10-22-14/h2-7,10,15H,8-9,11H2,1H3,(H,18,20)/t15-/m1/s1.